The van der Waals surface area contributed by atoms with E-state index >= 15 is 0 Å². The molecule has 0 aromatic carbocycles. The van der Waals surface area contributed by atoms with Gasteiger partial charge in [-0.15, -0.1) is 11.3 Å². The fourth-order valence-corrected chi connectivity index (χ4v) is 4.06. The van der Waals surface area contributed by atoms with Crippen molar-refractivity contribution in [1.29, 1.82) is 0 Å². The van der Waals surface area contributed by atoms with Gasteiger partial charge in [0, 0.05) is 15.8 Å². The van der Waals surface area contributed by atoms with E-state index in [1.165, 1.54) is 24.1 Å². The summed E-state index contributed by atoms with van der Waals surface area (Å²) in [6.07, 6.45) is 7.71. The van der Waals surface area contributed by atoms with Gasteiger partial charge in [-0.25, -0.2) is 0 Å². The highest BCUT2D eigenvalue weighted by molar-refractivity contribution is 7.80. The minimum Gasteiger partial charge on any atom is -0.328 e. The maximum absolute atomic E-state index is 12.5. The average molecular weight is 306 g/mol. The van der Waals surface area contributed by atoms with Crippen LogP contribution in [-0.2, 0) is 4.79 Å². The second-order valence-electron chi connectivity index (χ2n) is 5.40. The van der Waals surface area contributed by atoms with Crippen LogP contribution in [-0.4, -0.2) is 22.0 Å². The zero-order chi connectivity index (χ0) is 14.1. The molecule has 1 aliphatic carbocycles. The quantitative estimate of drug-likeness (QED) is 0.671. The van der Waals surface area contributed by atoms with Crippen molar-refractivity contribution in [2.45, 2.75) is 45.1 Å². The monoisotopic (exact) mass is 306 g/mol. The van der Waals surface area contributed by atoms with Gasteiger partial charge < -0.3 is 5.32 Å². The molecule has 3 nitrogen and oxygen atoms in total. The van der Waals surface area contributed by atoms with E-state index < -0.39 is 0 Å². The second-order valence-corrected chi connectivity index (χ2v) is 7.11. The van der Waals surface area contributed by atoms with Crippen LogP contribution in [0.25, 0.3) is 6.08 Å². The largest absolute Gasteiger partial charge is 0.328 e. The Balaban J connectivity index is 1.81. The number of nitrogens with zero attached hydrogens (tertiary/aromatic N) is 1. The minimum atomic E-state index is 0.0351. The minimum absolute atomic E-state index is 0.0351. The van der Waals surface area contributed by atoms with E-state index in [-0.39, 0.29) is 11.9 Å². The van der Waals surface area contributed by atoms with Crippen molar-refractivity contribution in [3.63, 3.8) is 0 Å². The Bertz CT molecular complexity index is 570. The Morgan fingerprint density at radius 1 is 1.35 bits per heavy atom. The number of rotatable bonds is 2. The van der Waals surface area contributed by atoms with Crippen LogP contribution in [0.3, 0.4) is 0 Å². The lowest BCUT2D eigenvalue weighted by Crippen LogP contribution is -2.41. The molecule has 0 bridgehead atoms. The van der Waals surface area contributed by atoms with Crippen LogP contribution < -0.4 is 5.32 Å². The van der Waals surface area contributed by atoms with E-state index in [0.29, 0.717) is 10.8 Å². The van der Waals surface area contributed by atoms with Crippen molar-refractivity contribution in [1.82, 2.24) is 10.2 Å². The first-order valence-electron chi connectivity index (χ1n) is 7.08. The lowest BCUT2D eigenvalue weighted by molar-refractivity contribution is -0.124. The van der Waals surface area contributed by atoms with Crippen LogP contribution in [0.2, 0.25) is 0 Å². The van der Waals surface area contributed by atoms with Crippen LogP contribution in [0.15, 0.2) is 17.8 Å². The first-order chi connectivity index (χ1) is 9.65. The van der Waals surface area contributed by atoms with Crippen molar-refractivity contribution in [3.05, 3.63) is 27.6 Å². The Morgan fingerprint density at radius 3 is 2.75 bits per heavy atom. The number of hydrogen-bond donors (Lipinski definition) is 1. The highest BCUT2D eigenvalue weighted by Gasteiger charge is 2.36. The molecule has 5 heteroatoms. The smallest absolute Gasteiger partial charge is 0.276 e. The summed E-state index contributed by atoms with van der Waals surface area (Å²) in [7, 11) is 0. The molecule has 20 heavy (non-hydrogen) atoms. The van der Waals surface area contributed by atoms with Crippen molar-refractivity contribution in [2.75, 3.05) is 0 Å². The first-order valence-corrected chi connectivity index (χ1v) is 8.30. The van der Waals surface area contributed by atoms with Gasteiger partial charge in [0.25, 0.3) is 5.91 Å². The number of carbonyl (C=O) groups excluding carboxylic acids is 1. The van der Waals surface area contributed by atoms with Gasteiger partial charge in [0.1, 0.15) is 5.70 Å². The Morgan fingerprint density at radius 2 is 2.10 bits per heavy atom. The Labute approximate surface area is 128 Å². The van der Waals surface area contributed by atoms with Crippen LogP contribution in [0.1, 0.15) is 41.9 Å². The van der Waals surface area contributed by atoms with Gasteiger partial charge in [-0.1, -0.05) is 19.3 Å². The maximum Gasteiger partial charge on any atom is 0.276 e. The molecular formula is C15H18N2OS2. The molecule has 1 N–H and O–H groups in total. The molecule has 2 heterocycles. The van der Waals surface area contributed by atoms with Gasteiger partial charge in [-0.3, -0.25) is 9.69 Å². The third-order valence-corrected chi connectivity index (χ3v) is 5.14. The molecular weight excluding hydrogens is 288 g/mol. The molecule has 0 spiro atoms. The molecule has 106 valence electrons. The third kappa shape index (κ3) is 2.65. The number of hydrogen-bond acceptors (Lipinski definition) is 3. The number of thiocarbonyl (C=S) groups is 1. The van der Waals surface area contributed by atoms with Crippen molar-refractivity contribution >= 4 is 40.7 Å². The fraction of sp³-hybridized carbons (Fsp3) is 0.467. The zero-order valence-electron chi connectivity index (χ0n) is 11.5. The number of carbonyl (C=O) groups is 1. The third-order valence-electron chi connectivity index (χ3n) is 3.90. The number of aryl methyl sites for hydroxylation is 1. The summed E-state index contributed by atoms with van der Waals surface area (Å²) in [5.41, 5.74) is 0.613. The molecule has 1 aromatic heterocycles. The number of thiophene rings is 1. The summed E-state index contributed by atoms with van der Waals surface area (Å²) in [4.78, 5) is 16.7. The van der Waals surface area contributed by atoms with Gasteiger partial charge in [-0.2, -0.15) is 0 Å². The predicted octanol–water partition coefficient (Wildman–Crippen LogP) is 3.45. The zero-order valence-corrected chi connectivity index (χ0v) is 13.1. The van der Waals surface area contributed by atoms with E-state index in [1.54, 1.807) is 16.2 Å². The molecule has 2 fully saturated rings. The van der Waals surface area contributed by atoms with Gasteiger partial charge in [-0.05, 0) is 50.2 Å². The van der Waals surface area contributed by atoms with Gasteiger partial charge in [0.15, 0.2) is 5.11 Å². The molecule has 1 saturated carbocycles. The number of nitrogens with one attached hydrogen (secondary N) is 1. The van der Waals surface area contributed by atoms with Crippen LogP contribution in [0, 0.1) is 6.92 Å². The average Bonchev–Trinajstić information content (AvgIpc) is 2.96. The molecule has 3 rings (SSSR count). The molecule has 1 aromatic rings. The standard InChI is InChI=1S/C15H18N2OS2/c1-10-7-8-12(20-10)9-13-14(18)17(15(19)16-13)11-5-3-2-4-6-11/h7-9,11H,2-6H2,1H3,(H,16,19)/b13-9-. The molecule has 1 saturated heterocycles. The van der Waals surface area contributed by atoms with E-state index in [1.807, 2.05) is 12.1 Å². The summed E-state index contributed by atoms with van der Waals surface area (Å²) >= 11 is 7.04. The summed E-state index contributed by atoms with van der Waals surface area (Å²) in [5.74, 6) is 0.0351. The van der Waals surface area contributed by atoms with E-state index in [9.17, 15) is 4.79 Å². The molecule has 0 unspecified atom stereocenters. The Kier molecular flexibility index (Phi) is 3.89. The molecule has 1 aliphatic heterocycles. The van der Waals surface area contributed by atoms with Crippen molar-refractivity contribution in [2.24, 2.45) is 0 Å². The summed E-state index contributed by atoms with van der Waals surface area (Å²) in [6.45, 7) is 2.07. The first kappa shape index (κ1) is 13.8. The lowest BCUT2D eigenvalue weighted by Gasteiger charge is -2.29. The normalized spacial score (nSPS) is 22.6. The second kappa shape index (κ2) is 5.66. The lowest BCUT2D eigenvalue weighted by atomic mass is 9.94. The predicted molar refractivity (Wildman–Crippen MR) is 86.5 cm³/mol. The highest BCUT2D eigenvalue weighted by Crippen LogP contribution is 2.27. The molecule has 1 amide bonds. The summed E-state index contributed by atoms with van der Waals surface area (Å²) in [6, 6.07) is 4.38. The van der Waals surface area contributed by atoms with E-state index in [0.717, 1.165) is 17.7 Å². The van der Waals surface area contributed by atoms with Gasteiger partial charge in [0.2, 0.25) is 0 Å². The van der Waals surface area contributed by atoms with Gasteiger partial charge >= 0.3 is 0 Å². The SMILES string of the molecule is Cc1ccc(/C=C2\NC(=S)N(C3CCCCC3)C2=O)s1. The summed E-state index contributed by atoms with van der Waals surface area (Å²) < 4.78 is 0. The molecule has 2 aliphatic rings. The maximum atomic E-state index is 12.5. The topological polar surface area (TPSA) is 32.3 Å². The molecule has 0 radical (unpaired) electrons. The fourth-order valence-electron chi connectivity index (χ4n) is 2.89. The van der Waals surface area contributed by atoms with Crippen molar-refractivity contribution in [3.8, 4) is 0 Å². The Hall–Kier alpha value is -1.20. The van der Waals surface area contributed by atoms with Crippen LogP contribution >= 0.6 is 23.6 Å². The highest BCUT2D eigenvalue weighted by atomic mass is 32.1. The molecule has 0 atom stereocenters. The summed E-state index contributed by atoms with van der Waals surface area (Å²) in [5, 5.41) is 3.66. The number of amides is 1. The van der Waals surface area contributed by atoms with Crippen LogP contribution in [0.5, 0.6) is 0 Å². The van der Waals surface area contributed by atoms with Crippen LogP contribution in [0.4, 0.5) is 0 Å². The van der Waals surface area contributed by atoms with E-state index in [2.05, 4.69) is 18.3 Å². The van der Waals surface area contributed by atoms with Gasteiger partial charge in [0.05, 0.1) is 0 Å². The van der Waals surface area contributed by atoms with Crippen molar-refractivity contribution < 1.29 is 4.79 Å². The van der Waals surface area contributed by atoms with E-state index in [4.69, 9.17) is 12.2 Å².